The van der Waals surface area contributed by atoms with Gasteiger partial charge in [-0.3, -0.25) is 4.79 Å². The van der Waals surface area contributed by atoms with Crippen molar-refractivity contribution in [1.82, 2.24) is 0 Å². The van der Waals surface area contributed by atoms with Crippen molar-refractivity contribution in [1.29, 1.82) is 0 Å². The zero-order valence-electron chi connectivity index (χ0n) is 9.54. The lowest BCUT2D eigenvalue weighted by Crippen LogP contribution is -2.63. The average molecular weight is 226 g/mol. The van der Waals surface area contributed by atoms with Crippen molar-refractivity contribution >= 4 is 5.97 Å². The summed E-state index contributed by atoms with van der Waals surface area (Å²) in [5, 5.41) is 8.44. The smallest absolute Gasteiger partial charge is 0.303 e. The first-order chi connectivity index (χ1) is 7.54. The second-order valence-electron chi connectivity index (χ2n) is 5.44. The Kier molecular flexibility index (Phi) is 3.04. The molecule has 0 aromatic carbocycles. The minimum Gasteiger partial charge on any atom is -0.481 e. The third-order valence-corrected chi connectivity index (χ3v) is 3.74. The van der Waals surface area contributed by atoms with Crippen LogP contribution in [0.1, 0.15) is 51.4 Å². The van der Waals surface area contributed by atoms with Crippen molar-refractivity contribution in [3.05, 3.63) is 12.2 Å². The molecule has 1 N–H and O–H groups in total. The molecule has 0 aliphatic heterocycles. The normalized spacial score (nSPS) is 35.8. The van der Waals surface area contributed by atoms with Crippen molar-refractivity contribution in [2.75, 3.05) is 0 Å². The number of rotatable bonds is 7. The number of unbranched alkanes of at least 4 members (excludes halogenated alkanes) is 3. The van der Waals surface area contributed by atoms with Crippen molar-refractivity contribution in [3.63, 3.8) is 0 Å². The van der Waals surface area contributed by atoms with Gasteiger partial charge in [0.1, 0.15) is 5.67 Å². The lowest BCUT2D eigenvalue weighted by molar-refractivity contribution is -0.182. The van der Waals surface area contributed by atoms with Crippen LogP contribution >= 0.6 is 0 Å². The number of halogens is 1. The summed E-state index contributed by atoms with van der Waals surface area (Å²) < 4.78 is 13.2. The maximum absolute atomic E-state index is 13.2. The number of hydrogen-bond donors (Lipinski definition) is 1. The Hall–Kier alpha value is -0.860. The fourth-order valence-corrected chi connectivity index (χ4v) is 2.96. The highest BCUT2D eigenvalue weighted by Gasteiger charge is 2.67. The quantitative estimate of drug-likeness (QED) is 0.533. The summed E-state index contributed by atoms with van der Waals surface area (Å²) in [6.07, 6.45) is 10.6. The number of carboxylic acid groups (broad SMARTS) is 1. The molecule has 3 saturated carbocycles. The number of allylic oxidation sites excluding steroid dienone is 2. The van der Waals surface area contributed by atoms with E-state index in [2.05, 4.69) is 12.2 Å². The molecular formula is C13H19FO2. The molecule has 3 heteroatoms. The van der Waals surface area contributed by atoms with E-state index >= 15 is 0 Å². The molecule has 0 aromatic heterocycles. The third-order valence-electron chi connectivity index (χ3n) is 3.74. The second-order valence-corrected chi connectivity index (χ2v) is 5.44. The van der Waals surface area contributed by atoms with Gasteiger partial charge in [0.05, 0.1) is 0 Å². The Morgan fingerprint density at radius 1 is 1.25 bits per heavy atom. The summed E-state index contributed by atoms with van der Waals surface area (Å²) in [6, 6.07) is 0. The highest BCUT2D eigenvalue weighted by Crippen LogP contribution is 2.70. The fraction of sp³-hybridized carbons (Fsp3) is 0.769. The molecule has 2 nitrogen and oxygen atoms in total. The number of carboxylic acids is 1. The van der Waals surface area contributed by atoms with E-state index in [-0.39, 0.29) is 11.8 Å². The van der Waals surface area contributed by atoms with Gasteiger partial charge in [-0.15, -0.1) is 0 Å². The minimum atomic E-state index is -0.800. The van der Waals surface area contributed by atoms with Crippen LogP contribution in [0.15, 0.2) is 12.2 Å². The van der Waals surface area contributed by atoms with Gasteiger partial charge in [-0.1, -0.05) is 18.6 Å². The van der Waals surface area contributed by atoms with E-state index in [1.807, 2.05) is 0 Å². The molecule has 90 valence electrons. The molecule has 3 aliphatic rings. The van der Waals surface area contributed by atoms with Gasteiger partial charge in [-0.2, -0.15) is 0 Å². The summed E-state index contributed by atoms with van der Waals surface area (Å²) in [6.45, 7) is 0. The molecule has 0 amide bonds. The minimum absolute atomic E-state index is 0.218. The molecule has 0 atom stereocenters. The first kappa shape index (κ1) is 11.6. The SMILES string of the molecule is O=C(O)CCCCC/C=C/C12CC(F)(C1)C2. The van der Waals surface area contributed by atoms with Gasteiger partial charge < -0.3 is 5.11 Å². The second kappa shape index (κ2) is 4.19. The maximum Gasteiger partial charge on any atom is 0.303 e. The Morgan fingerprint density at radius 2 is 1.94 bits per heavy atom. The summed E-state index contributed by atoms with van der Waals surface area (Å²) in [5.41, 5.74) is -0.582. The Morgan fingerprint density at radius 3 is 2.50 bits per heavy atom. The van der Waals surface area contributed by atoms with Gasteiger partial charge in [0, 0.05) is 6.42 Å². The predicted molar refractivity (Wildman–Crippen MR) is 60.0 cm³/mol. The monoisotopic (exact) mass is 226 g/mol. The molecule has 0 heterocycles. The van der Waals surface area contributed by atoms with Crippen molar-refractivity contribution in [3.8, 4) is 0 Å². The van der Waals surface area contributed by atoms with Crippen LogP contribution in [0.5, 0.6) is 0 Å². The maximum atomic E-state index is 13.2. The predicted octanol–water partition coefficient (Wildman–Crippen LogP) is 3.47. The van der Waals surface area contributed by atoms with E-state index in [0.717, 1.165) is 44.9 Å². The lowest BCUT2D eigenvalue weighted by atomic mass is 9.42. The average Bonchev–Trinajstić information content (AvgIpc) is 2.11. The first-order valence-corrected chi connectivity index (χ1v) is 6.12. The number of aliphatic carboxylic acids is 1. The van der Waals surface area contributed by atoms with Gasteiger partial charge in [-0.05, 0) is 43.9 Å². The molecule has 0 aromatic rings. The van der Waals surface area contributed by atoms with Gasteiger partial charge in [0.15, 0.2) is 0 Å². The summed E-state index contributed by atoms with van der Waals surface area (Å²) >= 11 is 0. The van der Waals surface area contributed by atoms with E-state index in [4.69, 9.17) is 5.11 Å². The molecule has 0 spiro atoms. The number of carbonyl (C=O) groups is 1. The third kappa shape index (κ3) is 2.45. The van der Waals surface area contributed by atoms with E-state index in [1.54, 1.807) is 0 Å². The van der Waals surface area contributed by atoms with Crippen molar-refractivity contribution in [2.45, 2.75) is 57.0 Å². The Balaban J connectivity index is 1.49. The van der Waals surface area contributed by atoms with Crippen molar-refractivity contribution < 1.29 is 14.3 Å². The van der Waals surface area contributed by atoms with E-state index < -0.39 is 11.6 Å². The molecule has 3 rings (SSSR count). The van der Waals surface area contributed by atoms with Gasteiger partial charge in [0.2, 0.25) is 0 Å². The first-order valence-electron chi connectivity index (χ1n) is 6.12. The zero-order chi connectivity index (χ0) is 11.6. The van der Waals surface area contributed by atoms with Crippen LogP contribution in [-0.4, -0.2) is 16.7 Å². The molecule has 0 radical (unpaired) electrons. The van der Waals surface area contributed by atoms with E-state index in [0.29, 0.717) is 0 Å². The van der Waals surface area contributed by atoms with Crippen LogP contribution in [-0.2, 0) is 4.79 Å². The highest BCUT2D eigenvalue weighted by atomic mass is 19.1. The van der Waals surface area contributed by atoms with Crippen LogP contribution in [0, 0.1) is 5.41 Å². The highest BCUT2D eigenvalue weighted by molar-refractivity contribution is 5.66. The van der Waals surface area contributed by atoms with Crippen LogP contribution in [0.3, 0.4) is 0 Å². The Bertz CT molecular complexity index is 289. The van der Waals surface area contributed by atoms with Crippen LogP contribution < -0.4 is 0 Å². The number of alkyl halides is 1. The lowest BCUT2D eigenvalue weighted by Gasteiger charge is -2.64. The van der Waals surface area contributed by atoms with Crippen molar-refractivity contribution in [2.24, 2.45) is 5.41 Å². The topological polar surface area (TPSA) is 37.3 Å². The molecular weight excluding hydrogens is 207 g/mol. The molecule has 0 unspecified atom stereocenters. The van der Waals surface area contributed by atoms with Gasteiger partial charge in [0.25, 0.3) is 0 Å². The van der Waals surface area contributed by atoms with Crippen LogP contribution in [0.4, 0.5) is 4.39 Å². The summed E-state index contributed by atoms with van der Waals surface area (Å²) in [4.78, 5) is 10.3. The summed E-state index contributed by atoms with van der Waals surface area (Å²) in [7, 11) is 0. The standard InChI is InChI=1S/C13H19FO2/c14-13-8-12(9-13,10-13)7-5-3-1-2-4-6-11(15)16/h5,7H,1-4,6,8-10H2,(H,15,16)/b7-5+. The van der Waals surface area contributed by atoms with Gasteiger partial charge in [-0.25, -0.2) is 4.39 Å². The van der Waals surface area contributed by atoms with Crippen LogP contribution in [0.25, 0.3) is 0 Å². The van der Waals surface area contributed by atoms with E-state index in [1.165, 1.54) is 0 Å². The van der Waals surface area contributed by atoms with E-state index in [9.17, 15) is 9.18 Å². The zero-order valence-corrected chi connectivity index (χ0v) is 9.54. The van der Waals surface area contributed by atoms with Crippen LogP contribution in [0.2, 0.25) is 0 Å². The molecule has 16 heavy (non-hydrogen) atoms. The molecule has 2 bridgehead atoms. The Labute approximate surface area is 95.5 Å². The number of hydrogen-bond acceptors (Lipinski definition) is 1. The van der Waals surface area contributed by atoms with Gasteiger partial charge >= 0.3 is 5.97 Å². The largest absolute Gasteiger partial charge is 0.481 e. The molecule has 3 aliphatic carbocycles. The fourth-order valence-electron chi connectivity index (χ4n) is 2.96. The molecule has 0 saturated heterocycles. The molecule has 3 fully saturated rings. The summed E-state index contributed by atoms with van der Waals surface area (Å²) in [5.74, 6) is -0.711.